The molecule has 0 saturated carbocycles. The van der Waals surface area contributed by atoms with Crippen LogP contribution >= 0.6 is 0 Å². The minimum Gasteiger partial charge on any atom is -0.391 e. The molecule has 2 aliphatic rings. The Hall–Kier alpha value is -2.20. The number of amides is 6. The highest BCUT2D eigenvalue weighted by Gasteiger charge is 2.58. The molecule has 6 amide bonds. The Morgan fingerprint density at radius 2 is 0.966 bits per heavy atom. The first-order chi connectivity index (χ1) is 13.1. The normalized spacial score (nSPS) is 25.7. The number of hydrogen-bond acceptors (Lipinski definition) is 6. The van der Waals surface area contributed by atoms with Crippen molar-refractivity contribution >= 4 is 23.9 Å². The van der Waals surface area contributed by atoms with E-state index in [9.17, 15) is 29.4 Å². The van der Waals surface area contributed by atoms with E-state index in [0.29, 0.717) is 0 Å². The topological polar surface area (TPSA) is 122 Å². The number of carbonyl (C=O) groups is 4. The van der Waals surface area contributed by atoms with E-state index >= 15 is 0 Å². The predicted octanol–water partition coefficient (Wildman–Crippen LogP) is 0.568. The van der Waals surface area contributed by atoms with Gasteiger partial charge in [-0.25, -0.2) is 9.59 Å². The number of aliphatic hydroxyl groups is 2. The molecule has 2 aliphatic heterocycles. The maximum Gasteiger partial charge on any atom is 0.329 e. The summed E-state index contributed by atoms with van der Waals surface area (Å²) in [5.74, 6) is -0.971. The van der Waals surface area contributed by atoms with Gasteiger partial charge in [-0.3, -0.25) is 29.2 Å². The van der Waals surface area contributed by atoms with Crippen LogP contribution in [-0.2, 0) is 9.59 Å². The van der Waals surface area contributed by atoms with Gasteiger partial charge >= 0.3 is 12.1 Å². The molecule has 0 radical (unpaired) electrons. The lowest BCUT2D eigenvalue weighted by Crippen LogP contribution is -2.55. The number of hydrogen-bond donors (Lipinski definition) is 2. The Morgan fingerprint density at radius 3 is 1.21 bits per heavy atom. The number of imide groups is 2. The molecule has 0 aromatic rings. The van der Waals surface area contributed by atoms with Crippen LogP contribution in [0, 0.1) is 0 Å². The predicted molar refractivity (Wildman–Crippen MR) is 103 cm³/mol. The summed E-state index contributed by atoms with van der Waals surface area (Å²) in [7, 11) is 0. The average molecular weight is 412 g/mol. The summed E-state index contributed by atoms with van der Waals surface area (Å²) >= 11 is 0. The minimum absolute atomic E-state index is 0.277. The maximum absolute atomic E-state index is 13.0. The van der Waals surface area contributed by atoms with Crippen molar-refractivity contribution in [1.82, 2.24) is 19.6 Å². The lowest BCUT2D eigenvalue weighted by Gasteiger charge is -2.36. The molecule has 0 bridgehead atoms. The van der Waals surface area contributed by atoms with Crippen LogP contribution in [0.3, 0.4) is 0 Å². The lowest BCUT2D eigenvalue weighted by atomic mass is 10.0. The van der Waals surface area contributed by atoms with Crippen LogP contribution in [0.2, 0.25) is 0 Å². The quantitative estimate of drug-likeness (QED) is 0.615. The van der Waals surface area contributed by atoms with Crippen molar-refractivity contribution in [1.29, 1.82) is 0 Å². The summed E-state index contributed by atoms with van der Waals surface area (Å²) in [5, 5.41) is 19.7. The van der Waals surface area contributed by atoms with Crippen LogP contribution in [0.5, 0.6) is 0 Å². The second kappa shape index (κ2) is 7.24. The fraction of sp³-hybridized carbons (Fsp3) is 0.789. The zero-order valence-corrected chi connectivity index (χ0v) is 18.3. The van der Waals surface area contributed by atoms with Crippen molar-refractivity contribution in [2.24, 2.45) is 0 Å². The van der Waals surface area contributed by atoms with Crippen LogP contribution < -0.4 is 0 Å². The van der Waals surface area contributed by atoms with E-state index in [1.807, 2.05) is 0 Å². The molecule has 164 valence electrons. The number of carbonyl (C=O) groups excluding carboxylic acids is 4. The molecule has 0 aromatic heterocycles. The van der Waals surface area contributed by atoms with Gasteiger partial charge in [-0.1, -0.05) is 0 Å². The van der Waals surface area contributed by atoms with Gasteiger partial charge in [0.1, 0.15) is 17.7 Å². The second-order valence-corrected chi connectivity index (χ2v) is 8.99. The van der Waals surface area contributed by atoms with Crippen molar-refractivity contribution in [2.75, 3.05) is 6.67 Å². The van der Waals surface area contributed by atoms with Gasteiger partial charge in [0.2, 0.25) is 0 Å². The van der Waals surface area contributed by atoms with Gasteiger partial charge in [0.05, 0.1) is 24.3 Å². The third-order valence-corrected chi connectivity index (χ3v) is 6.20. The molecule has 2 fully saturated rings. The first-order valence-electron chi connectivity index (χ1n) is 9.75. The maximum atomic E-state index is 13.0. The van der Waals surface area contributed by atoms with Crippen LogP contribution in [0.1, 0.15) is 55.4 Å². The molecule has 0 aromatic carbocycles. The number of nitrogens with zero attached hydrogens (tertiary/aromatic N) is 4. The van der Waals surface area contributed by atoms with Crippen molar-refractivity contribution in [3.05, 3.63) is 0 Å². The Labute approximate surface area is 171 Å². The summed E-state index contributed by atoms with van der Waals surface area (Å²) in [6.45, 7) is 12.1. The van der Waals surface area contributed by atoms with Gasteiger partial charge < -0.3 is 10.2 Å². The molecule has 0 aliphatic carbocycles. The van der Waals surface area contributed by atoms with Crippen LogP contribution in [0.15, 0.2) is 0 Å². The van der Waals surface area contributed by atoms with E-state index in [2.05, 4.69) is 0 Å². The molecule has 2 heterocycles. The van der Waals surface area contributed by atoms with Gasteiger partial charge in [0.25, 0.3) is 11.8 Å². The number of rotatable bonds is 6. The monoisotopic (exact) mass is 412 g/mol. The fourth-order valence-electron chi connectivity index (χ4n) is 3.50. The second-order valence-electron chi connectivity index (χ2n) is 8.99. The Balaban J connectivity index is 2.39. The molecular weight excluding hydrogens is 380 g/mol. The molecule has 4 unspecified atom stereocenters. The van der Waals surface area contributed by atoms with Crippen molar-refractivity contribution < 1.29 is 29.4 Å². The molecule has 10 nitrogen and oxygen atoms in total. The van der Waals surface area contributed by atoms with Gasteiger partial charge in [-0.15, -0.1) is 0 Å². The largest absolute Gasteiger partial charge is 0.391 e. The number of urea groups is 2. The highest BCUT2D eigenvalue weighted by Crippen LogP contribution is 2.35. The zero-order valence-electron chi connectivity index (χ0n) is 18.3. The summed E-state index contributed by atoms with van der Waals surface area (Å²) in [4.78, 5) is 56.3. The van der Waals surface area contributed by atoms with E-state index in [0.717, 1.165) is 9.80 Å². The molecule has 29 heavy (non-hydrogen) atoms. The summed E-state index contributed by atoms with van der Waals surface area (Å²) < 4.78 is 0. The first-order valence-corrected chi connectivity index (χ1v) is 9.75. The zero-order chi connectivity index (χ0) is 22.6. The van der Waals surface area contributed by atoms with Crippen LogP contribution in [-0.4, -0.2) is 95.7 Å². The summed E-state index contributed by atoms with van der Waals surface area (Å²) in [5.41, 5.74) is -2.52. The van der Waals surface area contributed by atoms with E-state index in [1.165, 1.54) is 23.6 Å². The van der Waals surface area contributed by atoms with Crippen molar-refractivity contribution in [3.8, 4) is 0 Å². The van der Waals surface area contributed by atoms with Crippen molar-refractivity contribution in [3.63, 3.8) is 0 Å². The standard InChI is InChI=1S/C19H32N4O6/c1-10(12(3)24)22-14(26)18(5,6)20(16(22)28)9-21-17(29)23(11(2)13(4)25)15(27)19(21,7)8/h10-13,24-25H,9H2,1-8H3. The third kappa shape index (κ3) is 3.38. The van der Waals surface area contributed by atoms with E-state index < -0.39 is 59.2 Å². The smallest absolute Gasteiger partial charge is 0.329 e. The molecule has 10 heteroatoms. The Bertz CT molecular complexity index is 672. The van der Waals surface area contributed by atoms with Gasteiger partial charge in [0.15, 0.2) is 0 Å². The molecule has 2 saturated heterocycles. The van der Waals surface area contributed by atoms with Gasteiger partial charge in [-0.2, -0.15) is 0 Å². The third-order valence-electron chi connectivity index (χ3n) is 6.20. The molecule has 2 rings (SSSR count). The first kappa shape index (κ1) is 23.1. The Morgan fingerprint density at radius 1 is 0.690 bits per heavy atom. The van der Waals surface area contributed by atoms with E-state index in [1.54, 1.807) is 41.5 Å². The van der Waals surface area contributed by atoms with Crippen molar-refractivity contribution in [2.45, 2.75) is 90.8 Å². The molecule has 4 atom stereocenters. The molecule has 2 N–H and O–H groups in total. The SMILES string of the molecule is CC(O)C(C)N1C(=O)N(CN2C(=O)N(C(C)C(C)O)C(=O)C2(C)C)C(C)(C)C1=O. The summed E-state index contributed by atoms with van der Waals surface area (Å²) in [6, 6.07) is -2.75. The summed E-state index contributed by atoms with van der Waals surface area (Å²) in [6.07, 6.45) is -1.85. The molecular formula is C19H32N4O6. The fourth-order valence-corrected chi connectivity index (χ4v) is 3.50. The average Bonchev–Trinajstić information content (AvgIpc) is 2.87. The Kier molecular flexibility index (Phi) is 5.77. The van der Waals surface area contributed by atoms with E-state index in [-0.39, 0.29) is 6.67 Å². The highest BCUT2D eigenvalue weighted by atomic mass is 16.3. The van der Waals surface area contributed by atoms with Crippen LogP contribution in [0.4, 0.5) is 9.59 Å². The van der Waals surface area contributed by atoms with Gasteiger partial charge in [0, 0.05) is 0 Å². The lowest BCUT2D eigenvalue weighted by molar-refractivity contribution is -0.135. The highest BCUT2D eigenvalue weighted by molar-refractivity contribution is 6.08. The number of aliphatic hydroxyl groups excluding tert-OH is 2. The molecule has 0 spiro atoms. The van der Waals surface area contributed by atoms with E-state index in [4.69, 9.17) is 0 Å². The minimum atomic E-state index is -1.26. The van der Waals surface area contributed by atoms with Crippen LogP contribution in [0.25, 0.3) is 0 Å². The van der Waals surface area contributed by atoms with Gasteiger partial charge in [-0.05, 0) is 55.4 Å².